The van der Waals surface area contributed by atoms with Gasteiger partial charge in [0.15, 0.2) is 0 Å². The topological polar surface area (TPSA) is 87.7 Å². The molecular weight excluding hydrogens is 387 g/mol. The third kappa shape index (κ3) is 6.47. The van der Waals surface area contributed by atoms with Crippen molar-refractivity contribution in [1.29, 1.82) is 0 Å². The van der Waals surface area contributed by atoms with Gasteiger partial charge in [-0.15, -0.1) is 0 Å². The normalized spacial score (nSPS) is 15.2. The number of rotatable bonds is 8. The number of benzene rings is 2. The van der Waals surface area contributed by atoms with E-state index in [1.807, 2.05) is 0 Å². The van der Waals surface area contributed by atoms with Gasteiger partial charge in [0.2, 0.25) is 0 Å². The van der Waals surface area contributed by atoms with Gasteiger partial charge in [0.25, 0.3) is 0 Å². The molecule has 1 fully saturated rings. The molecule has 0 aromatic heterocycles. The highest BCUT2D eigenvalue weighted by atomic mass is 19.1. The van der Waals surface area contributed by atoms with Gasteiger partial charge in [0.1, 0.15) is 17.7 Å². The Hall–Kier alpha value is -3.09. The summed E-state index contributed by atoms with van der Waals surface area (Å²) in [4.78, 5) is 23.2. The molecule has 2 amide bonds. The van der Waals surface area contributed by atoms with Gasteiger partial charge in [-0.1, -0.05) is 31.4 Å². The lowest BCUT2D eigenvalue weighted by Crippen LogP contribution is -2.43. The van der Waals surface area contributed by atoms with Gasteiger partial charge in [-0.2, -0.15) is 0 Å². The van der Waals surface area contributed by atoms with Crippen LogP contribution in [0.25, 0.3) is 0 Å². The predicted octanol–water partition coefficient (Wildman–Crippen LogP) is 4.67. The number of hydrogen-bond acceptors (Lipinski definition) is 3. The van der Waals surface area contributed by atoms with Gasteiger partial charge in [0, 0.05) is 19.0 Å². The van der Waals surface area contributed by atoms with Crippen molar-refractivity contribution in [3.63, 3.8) is 0 Å². The molecule has 1 aliphatic carbocycles. The number of halogens is 1. The van der Waals surface area contributed by atoms with Crippen molar-refractivity contribution < 1.29 is 23.8 Å². The van der Waals surface area contributed by atoms with Crippen molar-refractivity contribution >= 4 is 12.0 Å². The van der Waals surface area contributed by atoms with Crippen LogP contribution in [0.4, 0.5) is 9.18 Å². The number of ether oxygens (including phenoxy) is 1. The first-order chi connectivity index (χ1) is 14.5. The van der Waals surface area contributed by atoms with Gasteiger partial charge in [-0.05, 0) is 54.8 Å². The van der Waals surface area contributed by atoms with Crippen molar-refractivity contribution in [2.24, 2.45) is 0 Å². The average molecular weight is 414 g/mol. The Morgan fingerprint density at radius 3 is 2.33 bits per heavy atom. The number of nitrogens with one attached hydrogen (secondary N) is 2. The van der Waals surface area contributed by atoms with E-state index in [0.29, 0.717) is 18.7 Å². The number of carbonyl (C=O) groups excluding carboxylic acids is 1. The first-order valence-electron chi connectivity index (χ1n) is 10.3. The lowest BCUT2D eigenvalue weighted by Gasteiger charge is -2.23. The molecule has 0 aliphatic heterocycles. The molecule has 1 unspecified atom stereocenters. The largest absolute Gasteiger partial charge is 0.486 e. The molecular formula is C23H27FN2O4. The smallest absolute Gasteiger partial charge is 0.335 e. The van der Waals surface area contributed by atoms with Crippen LogP contribution < -0.4 is 15.4 Å². The molecule has 2 aromatic carbocycles. The second-order valence-electron chi connectivity index (χ2n) is 7.51. The quantitative estimate of drug-likeness (QED) is 0.586. The van der Waals surface area contributed by atoms with Crippen LogP contribution in [0.15, 0.2) is 48.5 Å². The first kappa shape index (κ1) is 21.6. The summed E-state index contributed by atoms with van der Waals surface area (Å²) in [6.45, 7) is 0.383. The summed E-state index contributed by atoms with van der Waals surface area (Å²) >= 11 is 0. The maximum atomic E-state index is 13.3. The number of hydrogen-bond donors (Lipinski definition) is 3. The predicted molar refractivity (Wildman–Crippen MR) is 111 cm³/mol. The summed E-state index contributed by atoms with van der Waals surface area (Å²) < 4.78 is 19.3. The zero-order valence-electron chi connectivity index (χ0n) is 16.8. The van der Waals surface area contributed by atoms with Crippen molar-refractivity contribution in [3.05, 3.63) is 65.5 Å². The second kappa shape index (κ2) is 10.6. The molecule has 0 heterocycles. The summed E-state index contributed by atoms with van der Waals surface area (Å²) in [5, 5.41) is 14.9. The first-order valence-corrected chi connectivity index (χ1v) is 10.3. The summed E-state index contributed by atoms with van der Waals surface area (Å²) in [5.41, 5.74) is 0.940. The molecule has 0 spiro atoms. The molecule has 3 N–H and O–H groups in total. The minimum atomic E-state index is -1.01. The van der Waals surface area contributed by atoms with Crippen LogP contribution in [-0.2, 0) is 0 Å². The molecule has 6 nitrogen and oxygen atoms in total. The highest BCUT2D eigenvalue weighted by Gasteiger charge is 2.17. The molecule has 3 rings (SSSR count). The highest BCUT2D eigenvalue weighted by molar-refractivity contribution is 5.87. The minimum Gasteiger partial charge on any atom is -0.486 e. The molecule has 2 aromatic rings. The molecule has 160 valence electrons. The van der Waals surface area contributed by atoms with Crippen molar-refractivity contribution in [2.45, 2.75) is 50.7 Å². The highest BCUT2D eigenvalue weighted by Crippen LogP contribution is 2.25. The van der Waals surface area contributed by atoms with Crippen LogP contribution in [0.3, 0.4) is 0 Å². The monoisotopic (exact) mass is 414 g/mol. The summed E-state index contributed by atoms with van der Waals surface area (Å²) in [6.07, 6.45) is 5.60. The number of urea groups is 1. The van der Waals surface area contributed by atoms with Gasteiger partial charge in [-0.25, -0.2) is 14.0 Å². The third-order valence-electron chi connectivity index (χ3n) is 5.25. The Morgan fingerprint density at radius 2 is 1.70 bits per heavy atom. The summed E-state index contributed by atoms with van der Waals surface area (Å²) in [5.74, 6) is -0.848. The van der Waals surface area contributed by atoms with Crippen molar-refractivity contribution in [3.8, 4) is 5.75 Å². The molecule has 0 saturated heterocycles. The van der Waals surface area contributed by atoms with Crippen LogP contribution in [0.1, 0.15) is 60.6 Å². The Morgan fingerprint density at radius 1 is 1.03 bits per heavy atom. The molecule has 0 bridgehead atoms. The van der Waals surface area contributed by atoms with E-state index in [1.54, 1.807) is 24.3 Å². The molecule has 1 atom stereocenters. The van der Waals surface area contributed by atoms with Gasteiger partial charge in [0.05, 0.1) is 5.56 Å². The zero-order chi connectivity index (χ0) is 21.3. The maximum absolute atomic E-state index is 13.3. The van der Waals surface area contributed by atoms with Crippen LogP contribution >= 0.6 is 0 Å². The molecule has 0 radical (unpaired) electrons. The maximum Gasteiger partial charge on any atom is 0.335 e. The summed E-state index contributed by atoms with van der Waals surface area (Å²) in [6, 6.07) is 12.2. The van der Waals surface area contributed by atoms with Crippen molar-refractivity contribution in [1.82, 2.24) is 10.6 Å². The van der Waals surface area contributed by atoms with Crippen molar-refractivity contribution in [2.75, 3.05) is 6.54 Å². The van der Waals surface area contributed by atoms with Crippen LogP contribution in [0, 0.1) is 5.82 Å². The number of aromatic carboxylic acids is 1. The molecule has 1 aliphatic rings. The van der Waals surface area contributed by atoms with E-state index in [1.165, 1.54) is 30.7 Å². The fraction of sp³-hybridized carbons (Fsp3) is 0.391. The van der Waals surface area contributed by atoms with Gasteiger partial charge >= 0.3 is 12.0 Å². The lowest BCUT2D eigenvalue weighted by atomic mass is 9.96. The number of amides is 2. The SMILES string of the molecule is O=C(NCCC(Oc1ccc(C(=O)O)cc1)c1ccc(F)cc1)NC1CCCCC1. The zero-order valence-corrected chi connectivity index (χ0v) is 16.8. The summed E-state index contributed by atoms with van der Waals surface area (Å²) in [7, 11) is 0. The lowest BCUT2D eigenvalue weighted by molar-refractivity contribution is 0.0696. The Bertz CT molecular complexity index is 833. The van der Waals surface area contributed by atoms with Gasteiger partial charge in [-0.3, -0.25) is 0 Å². The fourth-order valence-electron chi connectivity index (χ4n) is 3.61. The van der Waals surface area contributed by atoms with E-state index in [4.69, 9.17) is 9.84 Å². The van der Waals surface area contributed by atoms with E-state index in [2.05, 4.69) is 10.6 Å². The minimum absolute atomic E-state index is 0.168. The number of carbonyl (C=O) groups is 2. The Balaban J connectivity index is 1.59. The Labute approximate surface area is 175 Å². The van der Waals surface area contributed by atoms with Crippen LogP contribution in [-0.4, -0.2) is 29.7 Å². The van der Waals surface area contributed by atoms with Crippen LogP contribution in [0.2, 0.25) is 0 Å². The number of carboxylic acids is 1. The average Bonchev–Trinajstić information content (AvgIpc) is 2.75. The van der Waals surface area contributed by atoms with Gasteiger partial charge < -0.3 is 20.5 Å². The van der Waals surface area contributed by atoms with E-state index < -0.39 is 12.1 Å². The third-order valence-corrected chi connectivity index (χ3v) is 5.25. The van der Waals surface area contributed by atoms with Crippen LogP contribution in [0.5, 0.6) is 5.75 Å². The molecule has 7 heteroatoms. The molecule has 30 heavy (non-hydrogen) atoms. The standard InChI is InChI=1S/C23H27FN2O4/c24-18-10-6-16(7-11-18)21(30-20-12-8-17(9-13-20)22(27)28)14-15-25-23(29)26-19-4-2-1-3-5-19/h6-13,19,21H,1-5,14-15H2,(H,27,28)(H2,25,26,29). The van der Waals surface area contributed by atoms with E-state index in [-0.39, 0.29) is 23.5 Å². The molecule has 1 saturated carbocycles. The number of carboxylic acid groups (broad SMARTS) is 1. The second-order valence-corrected chi connectivity index (χ2v) is 7.51. The Kier molecular flexibility index (Phi) is 7.65. The van der Waals surface area contributed by atoms with E-state index in [9.17, 15) is 14.0 Å². The van der Waals surface area contributed by atoms with E-state index in [0.717, 1.165) is 31.2 Å². The van der Waals surface area contributed by atoms with E-state index >= 15 is 0 Å². The fourth-order valence-corrected chi connectivity index (χ4v) is 3.61.